The average molecular weight is 1330 g/mol. The number of hydrogen-bond acceptors (Lipinski definition) is 10. The number of nitrogens with zero attached hydrogens (tertiary/aromatic N) is 6. The van der Waals surface area contributed by atoms with E-state index in [4.69, 9.17) is 9.47 Å². The summed E-state index contributed by atoms with van der Waals surface area (Å²) in [6.45, 7) is 4.68. The minimum Gasteiger partial charge on any atom is -0.465 e. The predicted molar refractivity (Wildman–Crippen MR) is 352 cm³/mol. The van der Waals surface area contributed by atoms with Crippen molar-refractivity contribution in [3.8, 4) is 11.1 Å². The summed E-state index contributed by atoms with van der Waals surface area (Å²) in [7, 11) is 3.52. The van der Waals surface area contributed by atoms with Gasteiger partial charge in [0, 0.05) is 107 Å². The number of piperidine rings is 2. The van der Waals surface area contributed by atoms with Gasteiger partial charge in [0.15, 0.2) is 0 Å². The maximum Gasteiger partial charge on any atom is 0.416 e. The van der Waals surface area contributed by atoms with Gasteiger partial charge in [-0.25, -0.2) is 9.18 Å². The highest BCUT2D eigenvalue weighted by Gasteiger charge is 2.50. The van der Waals surface area contributed by atoms with Crippen molar-refractivity contribution in [1.82, 2.24) is 24.5 Å². The summed E-state index contributed by atoms with van der Waals surface area (Å²) in [6, 6.07) is 39.1. The van der Waals surface area contributed by atoms with Crippen LogP contribution in [0.4, 0.5) is 52.6 Å². The molecule has 3 heterocycles. The van der Waals surface area contributed by atoms with Gasteiger partial charge in [-0.2, -0.15) is 26.3 Å². The van der Waals surface area contributed by atoms with Gasteiger partial charge in [-0.05, 0) is 154 Å². The molecule has 1 spiro atoms. The van der Waals surface area contributed by atoms with Crippen molar-refractivity contribution >= 4 is 46.8 Å². The lowest BCUT2D eigenvalue weighted by Gasteiger charge is -2.44. The molecule has 0 bridgehead atoms. The van der Waals surface area contributed by atoms with Crippen molar-refractivity contribution < 1.29 is 69.3 Å². The fourth-order valence-electron chi connectivity index (χ4n) is 13.9. The summed E-state index contributed by atoms with van der Waals surface area (Å²) in [6.07, 6.45) is -4.39. The number of amides is 5. The number of carbonyl (C=O) groups excluding carboxylic acids is 4. The number of fused-ring (bicyclic) bond motifs is 2. The number of nitrogens with one attached hydrogen (secondary N) is 2. The van der Waals surface area contributed by atoms with Gasteiger partial charge in [0.2, 0.25) is 17.7 Å². The molecule has 512 valence electrons. The minimum absolute atomic E-state index is 0.0309. The number of alkyl halides is 6. The van der Waals surface area contributed by atoms with Crippen LogP contribution in [0.2, 0.25) is 0 Å². The van der Waals surface area contributed by atoms with E-state index >= 15 is 0 Å². The van der Waals surface area contributed by atoms with E-state index in [0.29, 0.717) is 107 Å². The Balaban J connectivity index is 0.608. The number of benzene rings is 6. The Morgan fingerprint density at radius 3 is 2.00 bits per heavy atom. The smallest absolute Gasteiger partial charge is 0.416 e. The Morgan fingerprint density at radius 2 is 1.31 bits per heavy atom. The number of halogens is 7. The van der Waals surface area contributed by atoms with E-state index in [9.17, 15) is 59.8 Å². The van der Waals surface area contributed by atoms with Crippen molar-refractivity contribution in [2.75, 3.05) is 108 Å². The number of rotatable bonds is 26. The first-order valence-corrected chi connectivity index (χ1v) is 32.9. The van der Waals surface area contributed by atoms with Crippen LogP contribution < -0.4 is 15.5 Å². The van der Waals surface area contributed by atoms with Crippen LogP contribution in [0.5, 0.6) is 0 Å². The van der Waals surface area contributed by atoms with Gasteiger partial charge in [0.1, 0.15) is 24.8 Å². The molecule has 0 radical (unpaired) electrons. The Morgan fingerprint density at radius 1 is 0.677 bits per heavy atom. The van der Waals surface area contributed by atoms with Crippen LogP contribution in [0.1, 0.15) is 109 Å². The number of para-hydroxylation sites is 1. The van der Waals surface area contributed by atoms with Gasteiger partial charge in [-0.3, -0.25) is 24.1 Å². The molecule has 0 aromatic heterocycles. The standard InChI is InChI=1S/C73H83F7N8O8/c1-83(36-13-20-65(89)82-59-28-26-58(27-29-59)81-35-12-4-7-21-66(90)84(2)42-43-85-37-30-60(31-38-85)88(69(93)94)63-19-11-9-17-61(63)51-14-5-3-6-15-51)67(91)48-95-64-46-52-16-8-10-18-62(52)70(64)32-39-86(40-33-70)41-34-71(54-22-24-57(74)25-23-54)49-87(50-96-71)68(92)53-44-55(72(75,76)77)47-56(45-53)73(78,79)80/h3,5-6,8-11,14-19,22-29,44-45,47,60,64,81H,4,7,12-13,20-21,30-43,46,48-50H2,1-2H3,(H,82,89)(H,93,94)/t64-,71+/m0/s1. The van der Waals surface area contributed by atoms with Crippen LogP contribution in [0.15, 0.2) is 146 Å². The summed E-state index contributed by atoms with van der Waals surface area (Å²) >= 11 is 0. The first kappa shape index (κ1) is 70.4. The molecule has 3 fully saturated rings. The highest BCUT2D eigenvalue weighted by atomic mass is 19.4. The van der Waals surface area contributed by atoms with E-state index in [1.165, 1.54) is 29.2 Å². The number of likely N-dealkylation sites (tertiary alicyclic amines) is 2. The molecule has 96 heavy (non-hydrogen) atoms. The lowest BCUT2D eigenvalue weighted by atomic mass is 9.72. The van der Waals surface area contributed by atoms with Crippen molar-refractivity contribution in [3.05, 3.63) is 185 Å². The SMILES string of the molecule is CN(CCN1CCC(N(C(=O)O)c2ccccc2-c2ccccc2)CC1)C(=O)CCCCCNc1ccc(NC(=O)CCCN(C)C(=O)CO[C@H]2Cc3ccccc3C23CCN(CC[C@]2(c4ccc(F)cc4)CN(C(=O)c4cc(C(F)(F)F)cc(C(F)(F)F)c4)CO2)CC3)cc1. The van der Waals surface area contributed by atoms with Crippen molar-refractivity contribution in [2.24, 2.45) is 0 Å². The summed E-state index contributed by atoms with van der Waals surface area (Å²) in [5, 5.41) is 16.7. The van der Waals surface area contributed by atoms with E-state index < -0.39 is 64.6 Å². The van der Waals surface area contributed by atoms with Crippen LogP contribution in [0, 0.1) is 5.82 Å². The van der Waals surface area contributed by atoms with E-state index in [-0.39, 0.29) is 61.9 Å². The Kier molecular flexibility index (Phi) is 22.9. The first-order valence-electron chi connectivity index (χ1n) is 32.9. The molecule has 3 aliphatic heterocycles. The molecule has 6 aromatic carbocycles. The van der Waals surface area contributed by atoms with Gasteiger partial charge < -0.3 is 49.7 Å². The van der Waals surface area contributed by atoms with E-state index in [0.717, 1.165) is 78.3 Å². The molecular weight excluding hydrogens is 1250 g/mol. The zero-order valence-corrected chi connectivity index (χ0v) is 54.1. The van der Waals surface area contributed by atoms with Crippen LogP contribution >= 0.6 is 0 Å². The molecule has 3 saturated heterocycles. The minimum atomic E-state index is -5.15. The third-order valence-corrected chi connectivity index (χ3v) is 19.4. The first-order chi connectivity index (χ1) is 46.0. The van der Waals surface area contributed by atoms with Crippen LogP contribution in [-0.4, -0.2) is 164 Å². The maximum atomic E-state index is 14.2. The molecule has 0 saturated carbocycles. The lowest BCUT2D eigenvalue weighted by molar-refractivity contribution is -0.143. The predicted octanol–water partition coefficient (Wildman–Crippen LogP) is 13.2. The summed E-state index contributed by atoms with van der Waals surface area (Å²) in [5.74, 6) is -1.92. The third kappa shape index (κ3) is 17.4. The Labute approximate surface area is 555 Å². The second kappa shape index (κ2) is 31.2. The number of unbranched alkanes of at least 4 members (excludes halogenated alkanes) is 2. The molecule has 16 nitrogen and oxygen atoms in total. The van der Waals surface area contributed by atoms with Crippen LogP contribution in [-0.2, 0) is 53.6 Å². The second-order valence-corrected chi connectivity index (χ2v) is 25.7. The molecule has 5 amide bonds. The second-order valence-electron chi connectivity index (χ2n) is 25.7. The van der Waals surface area contributed by atoms with E-state index in [1.807, 2.05) is 98.0 Å². The summed E-state index contributed by atoms with van der Waals surface area (Å²) in [5.41, 5.74) is 1.18. The number of carbonyl (C=O) groups is 5. The van der Waals surface area contributed by atoms with Gasteiger partial charge in [0.05, 0.1) is 29.5 Å². The Bertz CT molecular complexity index is 3610. The average Bonchev–Trinajstić information content (AvgIpc) is 1.56. The van der Waals surface area contributed by atoms with Gasteiger partial charge in [-0.1, -0.05) is 91.3 Å². The highest BCUT2D eigenvalue weighted by molar-refractivity contribution is 5.95. The molecule has 10 rings (SSSR count). The highest BCUT2D eigenvalue weighted by Crippen LogP contribution is 2.49. The van der Waals surface area contributed by atoms with Gasteiger partial charge in [-0.15, -0.1) is 0 Å². The fourth-order valence-corrected chi connectivity index (χ4v) is 13.9. The summed E-state index contributed by atoms with van der Waals surface area (Å²) in [4.78, 5) is 76.5. The molecule has 3 N–H and O–H groups in total. The van der Waals surface area contributed by atoms with E-state index in [1.54, 1.807) is 16.8 Å². The molecule has 6 aromatic rings. The zero-order valence-electron chi connectivity index (χ0n) is 54.1. The monoisotopic (exact) mass is 1330 g/mol. The number of anilines is 3. The quantitative estimate of drug-likeness (QED) is 0.0349. The number of hydrogen-bond donors (Lipinski definition) is 3. The molecule has 0 unspecified atom stereocenters. The normalized spacial score (nSPS) is 18.3. The molecule has 4 aliphatic rings. The number of likely N-dealkylation sites (N-methyl/N-ethyl adjacent to an activating group) is 2. The topological polar surface area (TPSA) is 168 Å². The Hall–Kier alpha value is -8.38. The molecular formula is C73H83F7N8O8. The largest absolute Gasteiger partial charge is 0.465 e. The van der Waals surface area contributed by atoms with Crippen molar-refractivity contribution in [1.29, 1.82) is 0 Å². The lowest BCUT2D eigenvalue weighted by Crippen LogP contribution is -2.50. The van der Waals surface area contributed by atoms with Gasteiger partial charge in [0.25, 0.3) is 5.91 Å². The fraction of sp³-hybridized carbons (Fsp3) is 0.438. The van der Waals surface area contributed by atoms with Crippen molar-refractivity contribution in [3.63, 3.8) is 0 Å². The molecule has 23 heteroatoms. The maximum absolute atomic E-state index is 14.2. The van der Waals surface area contributed by atoms with Gasteiger partial charge >= 0.3 is 18.4 Å². The van der Waals surface area contributed by atoms with Crippen molar-refractivity contribution in [2.45, 2.75) is 113 Å². The summed E-state index contributed by atoms with van der Waals surface area (Å²) < 4.78 is 110. The third-order valence-electron chi connectivity index (χ3n) is 19.4. The zero-order chi connectivity index (χ0) is 68.2. The number of ether oxygens (including phenoxy) is 2. The van der Waals surface area contributed by atoms with Crippen LogP contribution in [0.3, 0.4) is 0 Å². The number of carboxylic acid groups (broad SMARTS) is 1. The molecule has 1 aliphatic carbocycles. The van der Waals surface area contributed by atoms with E-state index in [2.05, 4.69) is 32.6 Å². The molecule has 2 atom stereocenters. The van der Waals surface area contributed by atoms with Crippen LogP contribution in [0.25, 0.3) is 11.1 Å².